The van der Waals surface area contributed by atoms with Crippen molar-refractivity contribution >= 4 is 11.8 Å². The molecule has 17 heavy (non-hydrogen) atoms. The average molecular weight is 257 g/mol. The smallest absolute Gasteiger partial charge is 0.0295 e. The summed E-state index contributed by atoms with van der Waals surface area (Å²) in [6.07, 6.45) is 9.47. The number of rotatable bonds is 8. The van der Waals surface area contributed by atoms with Crippen LogP contribution >= 0.6 is 11.8 Å². The van der Waals surface area contributed by atoms with E-state index in [2.05, 4.69) is 39.5 Å². The molecule has 1 nitrogen and oxygen atoms in total. The monoisotopic (exact) mass is 257 g/mol. The maximum atomic E-state index is 6.06. The zero-order chi connectivity index (χ0) is 12.9. The molecule has 1 saturated carbocycles. The normalized spacial score (nSPS) is 23.1. The Labute approximate surface area is 112 Å². The Kier molecular flexibility index (Phi) is 5.85. The molecule has 1 aliphatic rings. The van der Waals surface area contributed by atoms with Crippen molar-refractivity contribution in [2.45, 2.75) is 82.6 Å². The maximum absolute atomic E-state index is 6.06. The first-order chi connectivity index (χ1) is 8.05. The van der Waals surface area contributed by atoms with E-state index >= 15 is 0 Å². The Balaban J connectivity index is 2.57. The molecule has 2 N–H and O–H groups in total. The Bertz CT molecular complexity index is 213. The molecule has 1 aliphatic carbocycles. The standard InChI is InChI=1S/C15H31NS/c1-5-8-14(9-6-2)10-15(11-14,12-16)17-13(4)7-3/h13H,5-12,16H2,1-4H3. The Hall–Kier alpha value is 0.310. The molecule has 0 radical (unpaired) electrons. The molecule has 2 heteroatoms. The number of hydrogen-bond acceptors (Lipinski definition) is 2. The van der Waals surface area contributed by atoms with Crippen LogP contribution in [0.15, 0.2) is 0 Å². The maximum Gasteiger partial charge on any atom is 0.0295 e. The SMILES string of the molecule is CCCC1(CCC)CC(CN)(SC(C)CC)C1. The van der Waals surface area contributed by atoms with Gasteiger partial charge < -0.3 is 5.73 Å². The van der Waals surface area contributed by atoms with Crippen molar-refractivity contribution in [1.82, 2.24) is 0 Å². The van der Waals surface area contributed by atoms with Crippen LogP contribution in [-0.2, 0) is 0 Å². The summed E-state index contributed by atoms with van der Waals surface area (Å²) in [5.41, 5.74) is 6.71. The van der Waals surface area contributed by atoms with E-state index in [0.717, 1.165) is 11.8 Å². The first-order valence-electron chi connectivity index (χ1n) is 7.43. The highest BCUT2D eigenvalue weighted by atomic mass is 32.2. The molecule has 102 valence electrons. The molecule has 1 rings (SSSR count). The Morgan fingerprint density at radius 3 is 2.00 bits per heavy atom. The van der Waals surface area contributed by atoms with Gasteiger partial charge in [0.25, 0.3) is 0 Å². The van der Waals surface area contributed by atoms with Crippen molar-refractivity contribution in [3.8, 4) is 0 Å². The molecule has 1 unspecified atom stereocenters. The molecule has 0 saturated heterocycles. The van der Waals surface area contributed by atoms with Gasteiger partial charge in [-0.1, -0.05) is 40.5 Å². The Morgan fingerprint density at radius 2 is 1.65 bits per heavy atom. The highest BCUT2D eigenvalue weighted by Gasteiger charge is 2.53. The van der Waals surface area contributed by atoms with E-state index in [-0.39, 0.29) is 0 Å². The van der Waals surface area contributed by atoms with E-state index in [1.165, 1.54) is 44.9 Å². The fourth-order valence-corrected chi connectivity index (χ4v) is 5.54. The van der Waals surface area contributed by atoms with Gasteiger partial charge in [0.1, 0.15) is 0 Å². The van der Waals surface area contributed by atoms with Crippen LogP contribution in [-0.4, -0.2) is 16.5 Å². The van der Waals surface area contributed by atoms with Crippen molar-refractivity contribution in [3.05, 3.63) is 0 Å². The van der Waals surface area contributed by atoms with Gasteiger partial charge >= 0.3 is 0 Å². The number of thioether (sulfide) groups is 1. The van der Waals surface area contributed by atoms with Crippen LogP contribution in [0.4, 0.5) is 0 Å². The third kappa shape index (κ3) is 3.64. The van der Waals surface area contributed by atoms with Crippen LogP contribution < -0.4 is 5.73 Å². The third-order valence-electron chi connectivity index (χ3n) is 4.35. The summed E-state index contributed by atoms with van der Waals surface area (Å²) in [6, 6.07) is 0. The van der Waals surface area contributed by atoms with E-state index in [9.17, 15) is 0 Å². The highest BCUT2D eigenvalue weighted by molar-refractivity contribution is 8.01. The minimum Gasteiger partial charge on any atom is -0.329 e. The summed E-state index contributed by atoms with van der Waals surface area (Å²) in [5.74, 6) is 0. The molecular formula is C15H31NS. The largest absolute Gasteiger partial charge is 0.329 e. The lowest BCUT2D eigenvalue weighted by atomic mass is 9.57. The van der Waals surface area contributed by atoms with Crippen LogP contribution in [0.25, 0.3) is 0 Å². The van der Waals surface area contributed by atoms with Crippen LogP contribution in [0, 0.1) is 5.41 Å². The van der Waals surface area contributed by atoms with E-state index in [1.807, 2.05) is 0 Å². The summed E-state index contributed by atoms with van der Waals surface area (Å²) >= 11 is 2.16. The van der Waals surface area contributed by atoms with Gasteiger partial charge in [-0.3, -0.25) is 0 Å². The zero-order valence-electron chi connectivity index (χ0n) is 12.2. The van der Waals surface area contributed by atoms with Gasteiger partial charge in [0.2, 0.25) is 0 Å². The molecule has 0 aliphatic heterocycles. The van der Waals surface area contributed by atoms with Gasteiger partial charge in [-0.25, -0.2) is 0 Å². The fraction of sp³-hybridized carbons (Fsp3) is 1.00. The predicted octanol–water partition coefficient (Wildman–Crippen LogP) is 4.60. The van der Waals surface area contributed by atoms with Crippen molar-refractivity contribution in [2.24, 2.45) is 11.1 Å². The second-order valence-corrected chi connectivity index (χ2v) is 7.98. The number of hydrogen-bond donors (Lipinski definition) is 1. The molecule has 0 amide bonds. The van der Waals surface area contributed by atoms with E-state index < -0.39 is 0 Å². The number of nitrogens with two attached hydrogens (primary N) is 1. The minimum atomic E-state index is 0.416. The molecule has 0 bridgehead atoms. The lowest BCUT2D eigenvalue weighted by molar-refractivity contribution is 0.0611. The zero-order valence-corrected chi connectivity index (χ0v) is 13.0. The lowest BCUT2D eigenvalue weighted by Crippen LogP contribution is -2.54. The van der Waals surface area contributed by atoms with E-state index in [4.69, 9.17) is 5.73 Å². The second-order valence-electron chi connectivity index (χ2n) is 6.08. The Morgan fingerprint density at radius 1 is 1.12 bits per heavy atom. The summed E-state index contributed by atoms with van der Waals surface area (Å²) in [5, 5.41) is 0.764. The molecule has 0 aromatic rings. The topological polar surface area (TPSA) is 26.0 Å². The third-order valence-corrected chi connectivity index (χ3v) is 6.04. The summed E-state index contributed by atoms with van der Waals surface area (Å²) < 4.78 is 0.416. The molecule has 1 atom stereocenters. The minimum absolute atomic E-state index is 0.416. The van der Waals surface area contributed by atoms with E-state index in [1.54, 1.807) is 0 Å². The second kappa shape index (κ2) is 6.47. The first kappa shape index (κ1) is 15.4. The molecule has 0 spiro atoms. The summed E-state index contributed by atoms with van der Waals surface area (Å²) in [4.78, 5) is 0. The van der Waals surface area contributed by atoms with E-state index in [0.29, 0.717) is 10.2 Å². The van der Waals surface area contributed by atoms with Gasteiger partial charge in [0.05, 0.1) is 0 Å². The predicted molar refractivity (Wildman–Crippen MR) is 80.6 cm³/mol. The summed E-state index contributed by atoms with van der Waals surface area (Å²) in [7, 11) is 0. The van der Waals surface area contributed by atoms with Gasteiger partial charge in [0.15, 0.2) is 0 Å². The molecule has 0 aromatic heterocycles. The molecule has 1 fully saturated rings. The van der Waals surface area contributed by atoms with Crippen molar-refractivity contribution in [2.75, 3.05) is 6.54 Å². The lowest BCUT2D eigenvalue weighted by Gasteiger charge is -2.57. The molecular weight excluding hydrogens is 226 g/mol. The van der Waals surface area contributed by atoms with Crippen LogP contribution in [0.5, 0.6) is 0 Å². The van der Waals surface area contributed by atoms with Gasteiger partial charge in [-0.2, -0.15) is 11.8 Å². The molecule has 0 aromatic carbocycles. The fourth-order valence-electron chi connectivity index (χ4n) is 3.64. The van der Waals surface area contributed by atoms with Gasteiger partial charge in [0, 0.05) is 16.5 Å². The van der Waals surface area contributed by atoms with Crippen LogP contribution in [0.2, 0.25) is 0 Å². The first-order valence-corrected chi connectivity index (χ1v) is 8.31. The quantitative estimate of drug-likeness (QED) is 0.688. The van der Waals surface area contributed by atoms with Crippen molar-refractivity contribution < 1.29 is 0 Å². The van der Waals surface area contributed by atoms with Crippen molar-refractivity contribution in [1.29, 1.82) is 0 Å². The highest BCUT2D eigenvalue weighted by Crippen LogP contribution is 2.60. The molecule has 0 heterocycles. The average Bonchev–Trinajstić information content (AvgIpc) is 2.27. The van der Waals surface area contributed by atoms with Gasteiger partial charge in [-0.15, -0.1) is 0 Å². The summed E-state index contributed by atoms with van der Waals surface area (Å²) in [6.45, 7) is 10.1. The van der Waals surface area contributed by atoms with Crippen LogP contribution in [0.1, 0.15) is 72.6 Å². The van der Waals surface area contributed by atoms with Crippen molar-refractivity contribution in [3.63, 3.8) is 0 Å². The van der Waals surface area contributed by atoms with Crippen LogP contribution in [0.3, 0.4) is 0 Å². The van der Waals surface area contributed by atoms with Gasteiger partial charge in [-0.05, 0) is 37.5 Å².